The molecule has 9 nitrogen and oxygen atoms in total. The van der Waals surface area contributed by atoms with Crippen molar-refractivity contribution in [3.05, 3.63) is 30.1 Å². The summed E-state index contributed by atoms with van der Waals surface area (Å²) in [5.41, 5.74) is 0.908. The van der Waals surface area contributed by atoms with Crippen LogP contribution in [-0.4, -0.2) is 65.9 Å². The number of hydrogen-bond donors (Lipinski definition) is 2. The van der Waals surface area contributed by atoms with Gasteiger partial charge in [0.2, 0.25) is 0 Å². The number of ether oxygens (including phenoxy) is 2. The van der Waals surface area contributed by atoms with E-state index in [0.717, 1.165) is 36.7 Å². The number of carbonyl (C=O) groups is 1. The Morgan fingerprint density at radius 2 is 2.13 bits per heavy atom. The molecule has 10 heteroatoms. The van der Waals surface area contributed by atoms with E-state index in [0.29, 0.717) is 31.3 Å². The first kappa shape index (κ1) is 23.9. The highest BCUT2D eigenvalue weighted by Crippen LogP contribution is 2.20. The Labute approximate surface area is 193 Å². The first-order valence-electron chi connectivity index (χ1n) is 9.82. The minimum Gasteiger partial charge on any atom is -0.497 e. The first-order valence-corrected chi connectivity index (χ1v) is 9.82. The number of nitrogens with zero attached hydrogens (tertiary/aromatic N) is 4. The number of benzene rings is 1. The number of hydrogen-bond acceptors (Lipinski definition) is 6. The molecule has 0 aliphatic carbocycles. The highest BCUT2D eigenvalue weighted by molar-refractivity contribution is 14.0. The zero-order valence-corrected chi connectivity index (χ0v) is 19.9. The fraction of sp³-hybridized carbons (Fsp3) is 0.500. The molecule has 1 atom stereocenters. The molecule has 0 bridgehead atoms. The second-order valence-electron chi connectivity index (χ2n) is 6.77. The number of aliphatic imine (C=N–C) groups is 1. The molecule has 0 radical (unpaired) electrons. The Kier molecular flexibility index (Phi) is 9.34. The molecule has 1 aromatic heterocycles. The zero-order chi connectivity index (χ0) is 20.6. The van der Waals surface area contributed by atoms with Crippen LogP contribution in [0.2, 0.25) is 0 Å². The summed E-state index contributed by atoms with van der Waals surface area (Å²) in [6, 6.07) is 7.59. The van der Waals surface area contributed by atoms with E-state index >= 15 is 0 Å². The number of halogens is 1. The lowest BCUT2D eigenvalue weighted by molar-refractivity contribution is -0.149. The minimum atomic E-state index is -0.132. The van der Waals surface area contributed by atoms with Crippen molar-refractivity contribution < 1.29 is 14.3 Å². The third-order valence-electron chi connectivity index (χ3n) is 4.85. The van der Waals surface area contributed by atoms with Crippen LogP contribution in [0.5, 0.6) is 5.75 Å². The third kappa shape index (κ3) is 6.07. The standard InChI is InChI=1S/C20H28N6O3.HI/c1-4-29-19(27)15-6-5-11-26(13-15)20(21-2)22-12-17-23-18(25-24-17)14-7-9-16(28-3)10-8-14;/h7-10,15H,4-6,11-13H2,1-3H3,(H,21,22)(H,23,24,25);1H. The van der Waals surface area contributed by atoms with Crippen LogP contribution in [0.4, 0.5) is 0 Å². The van der Waals surface area contributed by atoms with Crippen LogP contribution < -0.4 is 10.1 Å². The van der Waals surface area contributed by atoms with Gasteiger partial charge in [0.25, 0.3) is 0 Å². The lowest BCUT2D eigenvalue weighted by Gasteiger charge is -2.33. The van der Waals surface area contributed by atoms with Crippen molar-refractivity contribution in [2.45, 2.75) is 26.3 Å². The fourth-order valence-electron chi connectivity index (χ4n) is 3.36. The summed E-state index contributed by atoms with van der Waals surface area (Å²) < 4.78 is 10.4. The van der Waals surface area contributed by atoms with Gasteiger partial charge in [0, 0.05) is 25.7 Å². The van der Waals surface area contributed by atoms with Crippen molar-refractivity contribution in [1.29, 1.82) is 0 Å². The van der Waals surface area contributed by atoms with Gasteiger partial charge in [0.05, 0.1) is 26.2 Å². The van der Waals surface area contributed by atoms with Crippen molar-refractivity contribution in [1.82, 2.24) is 25.4 Å². The smallest absolute Gasteiger partial charge is 0.310 e. The van der Waals surface area contributed by atoms with Crippen LogP contribution in [0.25, 0.3) is 11.4 Å². The quantitative estimate of drug-likeness (QED) is 0.257. The van der Waals surface area contributed by atoms with E-state index in [9.17, 15) is 4.79 Å². The lowest BCUT2D eigenvalue weighted by Crippen LogP contribution is -2.48. The van der Waals surface area contributed by atoms with Crippen molar-refractivity contribution in [3.63, 3.8) is 0 Å². The topological polar surface area (TPSA) is 105 Å². The van der Waals surface area contributed by atoms with Crippen LogP contribution in [0, 0.1) is 5.92 Å². The number of H-pyrrole nitrogens is 1. The molecule has 3 rings (SSSR count). The maximum Gasteiger partial charge on any atom is 0.310 e. The van der Waals surface area contributed by atoms with Crippen LogP contribution >= 0.6 is 24.0 Å². The van der Waals surface area contributed by atoms with Gasteiger partial charge in [-0.15, -0.1) is 24.0 Å². The van der Waals surface area contributed by atoms with E-state index in [1.54, 1.807) is 14.2 Å². The summed E-state index contributed by atoms with van der Waals surface area (Å²) in [7, 11) is 3.37. The monoisotopic (exact) mass is 528 g/mol. The Bertz CT molecular complexity index is 839. The number of aromatic amines is 1. The fourth-order valence-corrected chi connectivity index (χ4v) is 3.36. The van der Waals surface area contributed by atoms with Gasteiger partial charge in [-0.25, -0.2) is 4.98 Å². The maximum atomic E-state index is 12.1. The van der Waals surface area contributed by atoms with Crippen molar-refractivity contribution in [3.8, 4) is 17.1 Å². The van der Waals surface area contributed by atoms with Gasteiger partial charge in [0.15, 0.2) is 11.8 Å². The molecule has 0 saturated carbocycles. The largest absolute Gasteiger partial charge is 0.497 e. The highest BCUT2D eigenvalue weighted by atomic mass is 127. The van der Waals surface area contributed by atoms with Gasteiger partial charge >= 0.3 is 5.97 Å². The van der Waals surface area contributed by atoms with Gasteiger partial charge < -0.3 is 19.7 Å². The molecule has 2 N–H and O–H groups in total. The second-order valence-corrected chi connectivity index (χ2v) is 6.77. The molecule has 30 heavy (non-hydrogen) atoms. The Balaban J connectivity index is 0.00000320. The number of esters is 1. The molecular formula is C20H29IN6O3. The molecule has 1 unspecified atom stereocenters. The molecule has 1 saturated heterocycles. The highest BCUT2D eigenvalue weighted by Gasteiger charge is 2.28. The zero-order valence-electron chi connectivity index (χ0n) is 17.6. The van der Waals surface area contributed by atoms with Crippen LogP contribution in [0.1, 0.15) is 25.6 Å². The van der Waals surface area contributed by atoms with Gasteiger partial charge in [0.1, 0.15) is 11.6 Å². The number of piperidine rings is 1. The van der Waals surface area contributed by atoms with Crippen molar-refractivity contribution in [2.24, 2.45) is 10.9 Å². The molecule has 1 aromatic carbocycles. The number of likely N-dealkylation sites (tertiary alicyclic amines) is 1. The summed E-state index contributed by atoms with van der Waals surface area (Å²) in [6.45, 7) is 4.15. The molecule has 2 heterocycles. The molecule has 1 fully saturated rings. The van der Waals surface area contributed by atoms with Crippen LogP contribution in [0.15, 0.2) is 29.3 Å². The molecule has 0 spiro atoms. The molecule has 0 amide bonds. The second kappa shape index (κ2) is 11.7. The predicted octanol–water partition coefficient (Wildman–Crippen LogP) is 2.45. The van der Waals surface area contributed by atoms with Gasteiger partial charge in [-0.3, -0.25) is 14.9 Å². The Morgan fingerprint density at radius 3 is 2.80 bits per heavy atom. The van der Waals surface area contributed by atoms with Gasteiger partial charge in [-0.1, -0.05) is 0 Å². The first-order chi connectivity index (χ1) is 14.1. The maximum absolute atomic E-state index is 12.1. The average Bonchev–Trinajstić information content (AvgIpc) is 3.24. The van der Waals surface area contributed by atoms with E-state index in [2.05, 4.69) is 30.4 Å². The minimum absolute atomic E-state index is 0. The molecule has 1 aliphatic heterocycles. The number of aromatic nitrogens is 3. The summed E-state index contributed by atoms with van der Waals surface area (Å²) in [5.74, 6) is 2.61. The van der Waals surface area contributed by atoms with E-state index in [1.807, 2.05) is 31.2 Å². The predicted molar refractivity (Wildman–Crippen MR) is 125 cm³/mol. The Hall–Kier alpha value is -2.37. The number of guanidine groups is 1. The SMILES string of the molecule is CCOC(=O)C1CCCN(C(=NC)NCc2nc(-c3ccc(OC)cc3)n[nH]2)C1.I. The van der Waals surface area contributed by atoms with E-state index in [1.165, 1.54) is 0 Å². The van der Waals surface area contributed by atoms with E-state index in [-0.39, 0.29) is 35.9 Å². The van der Waals surface area contributed by atoms with Crippen molar-refractivity contribution >= 4 is 35.9 Å². The number of carbonyl (C=O) groups excluding carboxylic acids is 1. The van der Waals surface area contributed by atoms with Crippen LogP contribution in [-0.2, 0) is 16.1 Å². The molecule has 164 valence electrons. The summed E-state index contributed by atoms with van der Waals surface area (Å²) in [6.07, 6.45) is 1.77. The third-order valence-corrected chi connectivity index (χ3v) is 4.85. The Morgan fingerprint density at radius 1 is 1.37 bits per heavy atom. The normalized spacial score (nSPS) is 16.6. The van der Waals surface area contributed by atoms with E-state index in [4.69, 9.17) is 9.47 Å². The van der Waals surface area contributed by atoms with Gasteiger partial charge in [-0.05, 0) is 44.0 Å². The molecular weight excluding hydrogens is 499 g/mol. The van der Waals surface area contributed by atoms with Gasteiger partial charge in [-0.2, -0.15) is 5.10 Å². The summed E-state index contributed by atoms with van der Waals surface area (Å²) in [5, 5.41) is 10.5. The number of methoxy groups -OCH3 is 1. The summed E-state index contributed by atoms with van der Waals surface area (Å²) in [4.78, 5) is 23.1. The summed E-state index contributed by atoms with van der Waals surface area (Å²) >= 11 is 0. The van der Waals surface area contributed by atoms with Crippen LogP contribution in [0.3, 0.4) is 0 Å². The average molecular weight is 528 g/mol. The number of rotatable bonds is 6. The molecule has 1 aliphatic rings. The van der Waals surface area contributed by atoms with Crippen molar-refractivity contribution in [2.75, 3.05) is 33.9 Å². The number of nitrogens with one attached hydrogen (secondary N) is 2. The molecule has 2 aromatic rings. The lowest BCUT2D eigenvalue weighted by atomic mass is 9.98. The van der Waals surface area contributed by atoms with E-state index < -0.39 is 0 Å².